The van der Waals surface area contributed by atoms with Crippen molar-refractivity contribution in [2.24, 2.45) is 4.99 Å². The molecular formula is C24H23BrN2O3. The number of methoxy groups -OCH3 is 2. The highest BCUT2D eigenvalue weighted by Gasteiger charge is 2.29. The van der Waals surface area contributed by atoms with Gasteiger partial charge in [-0.2, -0.15) is 0 Å². The summed E-state index contributed by atoms with van der Waals surface area (Å²) in [7, 11) is 3.31. The molecule has 1 aliphatic rings. The van der Waals surface area contributed by atoms with Crippen LogP contribution in [-0.4, -0.2) is 25.0 Å². The lowest BCUT2D eigenvalue weighted by Crippen LogP contribution is -2.33. The van der Waals surface area contributed by atoms with E-state index in [1.165, 1.54) is 0 Å². The molecule has 0 aliphatic carbocycles. The number of ether oxygens (including phenoxy) is 2. The zero-order valence-corrected chi connectivity index (χ0v) is 18.4. The molecule has 0 aromatic heterocycles. The van der Waals surface area contributed by atoms with Crippen LogP contribution < -0.4 is 14.8 Å². The third kappa shape index (κ3) is 4.20. The number of hydrogen-bond acceptors (Lipinski definition) is 5. The summed E-state index contributed by atoms with van der Waals surface area (Å²) in [6.45, 7) is 0. The zero-order valence-electron chi connectivity index (χ0n) is 16.8. The molecule has 4 rings (SSSR count). The average molecular weight is 467 g/mol. The number of rotatable bonds is 5. The summed E-state index contributed by atoms with van der Waals surface area (Å²) in [5, 5.41) is 14.0. The summed E-state index contributed by atoms with van der Waals surface area (Å²) in [5.74, 6) is 1.83. The molecule has 30 heavy (non-hydrogen) atoms. The summed E-state index contributed by atoms with van der Waals surface area (Å²) in [5.41, 5.74) is 3.75. The number of para-hydroxylation sites is 1. The number of halogens is 1. The van der Waals surface area contributed by atoms with E-state index in [1.54, 1.807) is 20.3 Å². The molecule has 3 aromatic rings. The van der Waals surface area contributed by atoms with Gasteiger partial charge in [0.2, 0.25) is 0 Å². The quantitative estimate of drug-likeness (QED) is 0.528. The number of phenols is 1. The molecule has 1 aliphatic heterocycles. The van der Waals surface area contributed by atoms with Gasteiger partial charge in [0.1, 0.15) is 23.4 Å². The maximum absolute atomic E-state index is 10.5. The van der Waals surface area contributed by atoms with Gasteiger partial charge in [-0.3, -0.25) is 10.3 Å². The molecule has 0 saturated heterocycles. The minimum absolute atomic E-state index is 0.102. The van der Waals surface area contributed by atoms with Gasteiger partial charge in [0.05, 0.1) is 14.2 Å². The second-order valence-corrected chi connectivity index (χ2v) is 7.99. The van der Waals surface area contributed by atoms with Crippen LogP contribution in [0.2, 0.25) is 0 Å². The van der Waals surface area contributed by atoms with E-state index in [0.717, 1.165) is 38.4 Å². The summed E-state index contributed by atoms with van der Waals surface area (Å²) < 4.78 is 11.8. The van der Waals surface area contributed by atoms with Gasteiger partial charge in [0, 0.05) is 33.8 Å². The molecule has 6 heteroatoms. The van der Waals surface area contributed by atoms with Crippen LogP contribution in [0.15, 0.2) is 76.2 Å². The van der Waals surface area contributed by atoms with Gasteiger partial charge in [0.15, 0.2) is 0 Å². The van der Waals surface area contributed by atoms with Gasteiger partial charge >= 0.3 is 0 Å². The molecule has 0 amide bonds. The van der Waals surface area contributed by atoms with Gasteiger partial charge in [-0.1, -0.05) is 34.1 Å². The molecule has 0 unspecified atom stereocenters. The highest BCUT2D eigenvalue weighted by molar-refractivity contribution is 9.10. The van der Waals surface area contributed by atoms with Crippen LogP contribution >= 0.6 is 15.9 Å². The molecule has 0 saturated carbocycles. The van der Waals surface area contributed by atoms with Crippen LogP contribution in [0.3, 0.4) is 0 Å². The van der Waals surface area contributed by atoms with E-state index < -0.39 is 0 Å². The lowest BCUT2D eigenvalue weighted by molar-refractivity contribution is 0.381. The third-order valence-electron chi connectivity index (χ3n) is 5.26. The first-order valence-electron chi connectivity index (χ1n) is 9.67. The highest BCUT2D eigenvalue weighted by atomic mass is 79.9. The first-order chi connectivity index (χ1) is 14.6. The minimum Gasteiger partial charge on any atom is -0.508 e. The van der Waals surface area contributed by atoms with Crippen LogP contribution in [0, 0.1) is 0 Å². The van der Waals surface area contributed by atoms with Crippen LogP contribution in [0.1, 0.15) is 35.3 Å². The number of benzene rings is 3. The third-order valence-corrected chi connectivity index (χ3v) is 5.76. The molecule has 2 atom stereocenters. The van der Waals surface area contributed by atoms with Crippen molar-refractivity contribution in [2.75, 3.05) is 14.2 Å². The fourth-order valence-corrected chi connectivity index (χ4v) is 4.10. The Morgan fingerprint density at radius 1 is 0.967 bits per heavy atom. The second-order valence-electron chi connectivity index (χ2n) is 7.08. The van der Waals surface area contributed by atoms with E-state index in [9.17, 15) is 5.11 Å². The van der Waals surface area contributed by atoms with Crippen LogP contribution in [0.5, 0.6) is 17.2 Å². The molecule has 154 valence electrons. The van der Waals surface area contributed by atoms with Crippen molar-refractivity contribution < 1.29 is 14.6 Å². The summed E-state index contributed by atoms with van der Waals surface area (Å²) >= 11 is 3.55. The number of aromatic hydroxyl groups is 1. The Kier molecular flexibility index (Phi) is 6.06. The monoisotopic (exact) mass is 466 g/mol. The van der Waals surface area contributed by atoms with Gasteiger partial charge in [-0.25, -0.2) is 0 Å². The van der Waals surface area contributed by atoms with Crippen molar-refractivity contribution in [1.29, 1.82) is 0 Å². The highest BCUT2D eigenvalue weighted by Crippen LogP contribution is 2.37. The molecule has 2 N–H and O–H groups in total. The van der Waals surface area contributed by atoms with E-state index in [0.29, 0.717) is 6.42 Å². The summed E-state index contributed by atoms with van der Waals surface area (Å²) in [4.78, 5) is 5.02. The molecule has 0 spiro atoms. The Hall–Kier alpha value is -2.83. The Labute approximate surface area is 184 Å². The normalized spacial score (nSPS) is 18.6. The van der Waals surface area contributed by atoms with E-state index in [1.807, 2.05) is 60.7 Å². The molecule has 5 nitrogen and oxygen atoms in total. The number of hydrogen-bond donors (Lipinski definition) is 2. The van der Waals surface area contributed by atoms with Gasteiger partial charge in [0.25, 0.3) is 0 Å². The molecule has 3 aromatic carbocycles. The van der Waals surface area contributed by atoms with Crippen LogP contribution in [0.4, 0.5) is 0 Å². The van der Waals surface area contributed by atoms with Crippen molar-refractivity contribution in [1.82, 2.24) is 5.32 Å². The van der Waals surface area contributed by atoms with E-state index >= 15 is 0 Å². The first-order valence-corrected chi connectivity index (χ1v) is 10.5. The molecule has 0 bridgehead atoms. The molecule has 0 radical (unpaired) electrons. The SMILES string of the molecule is COc1ccc(C2=N[C@H](c3cc(Br)ccc3OC)N[C@@H](c3ccccc3O)C2)cc1. The predicted molar refractivity (Wildman–Crippen MR) is 122 cm³/mol. The van der Waals surface area contributed by atoms with Crippen molar-refractivity contribution >= 4 is 21.6 Å². The second kappa shape index (κ2) is 8.90. The lowest BCUT2D eigenvalue weighted by atomic mass is 9.93. The number of nitrogens with zero attached hydrogens (tertiary/aromatic N) is 1. The molecule has 0 fully saturated rings. The summed E-state index contributed by atoms with van der Waals surface area (Å²) in [6, 6.07) is 21.1. The average Bonchev–Trinajstić information content (AvgIpc) is 2.79. The van der Waals surface area contributed by atoms with Crippen molar-refractivity contribution in [2.45, 2.75) is 18.6 Å². The Morgan fingerprint density at radius 3 is 2.43 bits per heavy atom. The largest absolute Gasteiger partial charge is 0.508 e. The number of aliphatic imine (C=N–C) groups is 1. The zero-order chi connectivity index (χ0) is 21.1. The van der Waals surface area contributed by atoms with Crippen molar-refractivity contribution in [3.8, 4) is 17.2 Å². The van der Waals surface area contributed by atoms with Crippen LogP contribution in [0.25, 0.3) is 0 Å². The van der Waals surface area contributed by atoms with Gasteiger partial charge in [-0.15, -0.1) is 0 Å². The van der Waals surface area contributed by atoms with E-state index in [2.05, 4.69) is 21.2 Å². The number of phenolic OH excluding ortho intramolecular Hbond substituents is 1. The maximum Gasteiger partial charge on any atom is 0.130 e. The summed E-state index contributed by atoms with van der Waals surface area (Å²) in [6.07, 6.45) is 0.324. The fourth-order valence-electron chi connectivity index (χ4n) is 3.72. The lowest BCUT2D eigenvalue weighted by Gasteiger charge is -2.31. The predicted octanol–water partition coefficient (Wildman–Crippen LogP) is 5.39. The van der Waals surface area contributed by atoms with Gasteiger partial charge in [-0.05, 0) is 54.1 Å². The number of nitrogens with one attached hydrogen (secondary N) is 1. The molecular weight excluding hydrogens is 444 g/mol. The minimum atomic E-state index is -0.326. The van der Waals surface area contributed by atoms with Gasteiger partial charge < -0.3 is 14.6 Å². The first kappa shape index (κ1) is 20.4. The Bertz CT molecular complexity index is 1070. The standard InChI is InChI=1S/C24H23BrN2O3/c1-29-17-10-7-15(8-11-17)20-14-21(18-5-3-4-6-22(18)28)27-24(26-20)19-13-16(25)9-12-23(19)30-2/h3-13,21,24,27-28H,14H2,1-2H3/t21-,24+/m1/s1. The molecule has 1 heterocycles. The van der Waals surface area contributed by atoms with E-state index in [4.69, 9.17) is 14.5 Å². The Morgan fingerprint density at radius 2 is 1.73 bits per heavy atom. The van der Waals surface area contributed by atoms with Crippen molar-refractivity contribution in [3.63, 3.8) is 0 Å². The Balaban J connectivity index is 1.79. The maximum atomic E-state index is 10.5. The topological polar surface area (TPSA) is 63.1 Å². The van der Waals surface area contributed by atoms with Crippen molar-refractivity contribution in [3.05, 3.63) is 87.9 Å². The van der Waals surface area contributed by atoms with Crippen LogP contribution in [-0.2, 0) is 0 Å². The van der Waals surface area contributed by atoms with E-state index in [-0.39, 0.29) is 18.0 Å². The fraction of sp³-hybridized carbons (Fsp3) is 0.208. The smallest absolute Gasteiger partial charge is 0.130 e.